The topological polar surface area (TPSA) is 21.3 Å². The molecular formula is C20H21F6NO. The fraction of sp³-hybridized carbons (Fsp3) is 0.400. The van der Waals surface area contributed by atoms with Crippen LogP contribution in [0.25, 0.3) is 0 Å². The summed E-state index contributed by atoms with van der Waals surface area (Å²) in [6.45, 7) is 3.34. The molecule has 0 spiro atoms. The van der Waals surface area contributed by atoms with Gasteiger partial charge in [-0.15, -0.1) is 0 Å². The first kappa shape index (κ1) is 22.2. The molecule has 0 aliphatic heterocycles. The van der Waals surface area contributed by atoms with E-state index in [0.717, 1.165) is 5.56 Å². The SMILES string of the molecule is CNC(OCc1cc(C(F)(F)F)cc(C(F)(F)F)c1)C(C)(C)c1ccccc1. The summed E-state index contributed by atoms with van der Waals surface area (Å²) in [6.07, 6.45) is -10.4. The maximum atomic E-state index is 13.0. The van der Waals surface area contributed by atoms with E-state index in [-0.39, 0.29) is 11.6 Å². The van der Waals surface area contributed by atoms with Crippen molar-refractivity contribution in [2.24, 2.45) is 0 Å². The summed E-state index contributed by atoms with van der Waals surface area (Å²) < 4.78 is 83.6. The lowest BCUT2D eigenvalue weighted by molar-refractivity contribution is -0.143. The van der Waals surface area contributed by atoms with Gasteiger partial charge in [0, 0.05) is 5.41 Å². The van der Waals surface area contributed by atoms with Crippen molar-refractivity contribution >= 4 is 0 Å². The number of hydrogen-bond acceptors (Lipinski definition) is 2. The highest BCUT2D eigenvalue weighted by Crippen LogP contribution is 2.37. The van der Waals surface area contributed by atoms with Crippen LogP contribution in [0, 0.1) is 0 Å². The first-order chi connectivity index (χ1) is 12.9. The second-order valence-corrected chi connectivity index (χ2v) is 6.98. The Hall–Kier alpha value is -2.06. The van der Waals surface area contributed by atoms with Crippen molar-refractivity contribution in [1.29, 1.82) is 0 Å². The summed E-state index contributed by atoms with van der Waals surface area (Å²) in [6, 6.07) is 10.7. The molecular weight excluding hydrogens is 384 g/mol. The van der Waals surface area contributed by atoms with Gasteiger partial charge in [0.1, 0.15) is 6.23 Å². The molecule has 0 aliphatic rings. The van der Waals surface area contributed by atoms with Gasteiger partial charge >= 0.3 is 12.4 Å². The zero-order valence-electron chi connectivity index (χ0n) is 15.6. The normalized spacial score (nSPS) is 14.2. The van der Waals surface area contributed by atoms with Crippen molar-refractivity contribution in [3.63, 3.8) is 0 Å². The lowest BCUT2D eigenvalue weighted by Gasteiger charge is -2.34. The Morgan fingerprint density at radius 2 is 1.32 bits per heavy atom. The minimum Gasteiger partial charge on any atom is -0.358 e. The Kier molecular flexibility index (Phi) is 6.45. The third kappa shape index (κ3) is 5.26. The van der Waals surface area contributed by atoms with Crippen molar-refractivity contribution < 1.29 is 31.1 Å². The first-order valence-electron chi connectivity index (χ1n) is 8.48. The van der Waals surface area contributed by atoms with E-state index in [1.807, 2.05) is 44.2 Å². The highest BCUT2D eigenvalue weighted by molar-refractivity contribution is 5.33. The minimum absolute atomic E-state index is 0.104. The molecule has 8 heteroatoms. The highest BCUT2D eigenvalue weighted by atomic mass is 19.4. The Labute approximate surface area is 159 Å². The van der Waals surface area contributed by atoms with E-state index < -0.39 is 41.7 Å². The van der Waals surface area contributed by atoms with Gasteiger partial charge in [0.15, 0.2) is 0 Å². The van der Waals surface area contributed by atoms with Crippen molar-refractivity contribution in [3.8, 4) is 0 Å². The monoisotopic (exact) mass is 405 g/mol. The standard InChI is InChI=1S/C20H21F6NO/c1-18(2,14-7-5-4-6-8-14)17(27-3)28-12-13-9-15(19(21,22)23)11-16(10-13)20(24,25)26/h4-11,17,27H,12H2,1-3H3. The summed E-state index contributed by atoms with van der Waals surface area (Å²) in [5.41, 5.74) is -2.58. The fourth-order valence-electron chi connectivity index (χ4n) is 2.95. The van der Waals surface area contributed by atoms with Gasteiger partial charge in [-0.3, -0.25) is 5.32 Å². The average Bonchev–Trinajstić information content (AvgIpc) is 2.61. The van der Waals surface area contributed by atoms with Crippen LogP contribution in [-0.2, 0) is 29.1 Å². The van der Waals surface area contributed by atoms with Gasteiger partial charge in [0.25, 0.3) is 0 Å². The van der Waals surface area contributed by atoms with Gasteiger partial charge in [0.2, 0.25) is 0 Å². The molecule has 2 nitrogen and oxygen atoms in total. The molecule has 154 valence electrons. The van der Waals surface area contributed by atoms with Crippen LogP contribution in [0.2, 0.25) is 0 Å². The molecule has 0 fully saturated rings. The number of benzene rings is 2. The molecule has 0 amide bonds. The average molecular weight is 405 g/mol. The van der Waals surface area contributed by atoms with Crippen LogP contribution in [0.3, 0.4) is 0 Å². The second-order valence-electron chi connectivity index (χ2n) is 6.98. The summed E-state index contributed by atoms with van der Waals surface area (Å²) in [4.78, 5) is 0. The second kappa shape index (κ2) is 8.13. The lowest BCUT2D eigenvalue weighted by Crippen LogP contribution is -2.45. The predicted molar refractivity (Wildman–Crippen MR) is 93.6 cm³/mol. The number of nitrogens with one attached hydrogen (secondary N) is 1. The van der Waals surface area contributed by atoms with E-state index in [1.54, 1.807) is 7.05 Å². The van der Waals surface area contributed by atoms with Gasteiger partial charge < -0.3 is 4.74 Å². The molecule has 0 saturated carbocycles. The molecule has 2 aromatic rings. The van der Waals surface area contributed by atoms with Crippen molar-refractivity contribution in [3.05, 3.63) is 70.8 Å². The fourth-order valence-corrected chi connectivity index (χ4v) is 2.95. The first-order valence-corrected chi connectivity index (χ1v) is 8.48. The number of rotatable bonds is 6. The molecule has 0 heterocycles. The zero-order valence-corrected chi connectivity index (χ0v) is 15.6. The zero-order chi connectivity index (χ0) is 21.2. The summed E-state index contributed by atoms with van der Waals surface area (Å²) in [5, 5.41) is 2.93. The third-order valence-corrected chi connectivity index (χ3v) is 4.50. The van der Waals surface area contributed by atoms with Crippen LogP contribution in [0.4, 0.5) is 26.3 Å². The number of halogens is 6. The van der Waals surface area contributed by atoms with Gasteiger partial charge in [-0.25, -0.2) is 0 Å². The van der Waals surface area contributed by atoms with Gasteiger partial charge in [-0.1, -0.05) is 44.2 Å². The third-order valence-electron chi connectivity index (χ3n) is 4.50. The number of hydrogen-bond donors (Lipinski definition) is 1. The van der Waals surface area contributed by atoms with Gasteiger partial charge in [-0.2, -0.15) is 26.3 Å². The predicted octanol–water partition coefficient (Wildman–Crippen LogP) is 5.76. The number of ether oxygens (including phenoxy) is 1. The summed E-state index contributed by atoms with van der Waals surface area (Å²) in [7, 11) is 1.61. The van der Waals surface area contributed by atoms with Crippen LogP contribution < -0.4 is 5.32 Å². The Balaban J connectivity index is 2.29. The maximum Gasteiger partial charge on any atom is 0.416 e. The Morgan fingerprint density at radius 3 is 1.75 bits per heavy atom. The summed E-state index contributed by atoms with van der Waals surface area (Å²) in [5.74, 6) is 0. The van der Waals surface area contributed by atoms with E-state index in [9.17, 15) is 26.3 Å². The molecule has 2 rings (SSSR count). The highest BCUT2D eigenvalue weighted by Gasteiger charge is 2.37. The van der Waals surface area contributed by atoms with E-state index in [0.29, 0.717) is 12.1 Å². The van der Waals surface area contributed by atoms with Crippen LogP contribution in [-0.4, -0.2) is 13.3 Å². The minimum atomic E-state index is -4.89. The van der Waals surface area contributed by atoms with Crippen LogP contribution in [0.15, 0.2) is 48.5 Å². The molecule has 0 saturated heterocycles. The molecule has 0 bridgehead atoms. The van der Waals surface area contributed by atoms with E-state index in [1.165, 1.54) is 0 Å². The molecule has 0 aromatic heterocycles. The summed E-state index contributed by atoms with van der Waals surface area (Å²) >= 11 is 0. The maximum absolute atomic E-state index is 13.0. The Morgan fingerprint density at radius 1 is 0.821 bits per heavy atom. The molecule has 1 atom stereocenters. The van der Waals surface area contributed by atoms with Crippen molar-refractivity contribution in [2.75, 3.05) is 7.05 Å². The van der Waals surface area contributed by atoms with Crippen molar-refractivity contribution in [2.45, 2.75) is 44.4 Å². The lowest BCUT2D eigenvalue weighted by atomic mass is 9.82. The number of likely N-dealkylation sites (N-methyl/N-ethyl adjacent to an activating group) is 1. The molecule has 1 N–H and O–H groups in total. The van der Waals surface area contributed by atoms with Gasteiger partial charge in [0.05, 0.1) is 17.7 Å². The quantitative estimate of drug-likeness (QED) is 0.487. The molecule has 0 aliphatic carbocycles. The van der Waals surface area contributed by atoms with Crippen LogP contribution >= 0.6 is 0 Å². The largest absolute Gasteiger partial charge is 0.416 e. The molecule has 28 heavy (non-hydrogen) atoms. The van der Waals surface area contributed by atoms with Crippen molar-refractivity contribution in [1.82, 2.24) is 5.32 Å². The van der Waals surface area contributed by atoms with E-state index >= 15 is 0 Å². The van der Waals surface area contributed by atoms with Crippen LogP contribution in [0.5, 0.6) is 0 Å². The Bertz CT molecular complexity index is 751. The molecule has 2 aromatic carbocycles. The smallest absolute Gasteiger partial charge is 0.358 e. The van der Waals surface area contributed by atoms with Gasteiger partial charge in [-0.05, 0) is 36.4 Å². The van der Waals surface area contributed by atoms with E-state index in [2.05, 4.69) is 5.32 Å². The molecule has 1 unspecified atom stereocenters. The number of alkyl halides is 6. The van der Waals surface area contributed by atoms with Crippen LogP contribution in [0.1, 0.15) is 36.1 Å². The van der Waals surface area contributed by atoms with E-state index in [4.69, 9.17) is 4.74 Å². The molecule has 0 radical (unpaired) electrons.